The summed E-state index contributed by atoms with van der Waals surface area (Å²) in [6, 6.07) is 0.925. The minimum absolute atomic E-state index is 0.0679. The molecule has 2 aliphatic heterocycles. The first-order valence-electron chi connectivity index (χ1n) is 6.29. The Morgan fingerprint density at radius 1 is 1.41 bits per heavy atom. The second-order valence-electron chi connectivity index (χ2n) is 5.53. The first-order chi connectivity index (χ1) is 7.89. The second-order valence-corrected chi connectivity index (χ2v) is 7.46. The molecule has 1 saturated heterocycles. The Labute approximate surface area is 104 Å². The predicted molar refractivity (Wildman–Crippen MR) is 69.5 cm³/mol. The summed E-state index contributed by atoms with van der Waals surface area (Å²) in [4.78, 5) is 2.32. The lowest BCUT2D eigenvalue weighted by molar-refractivity contribution is 0.105. The Balaban J connectivity index is 2.07. The third kappa shape index (κ3) is 2.89. The van der Waals surface area contributed by atoms with E-state index < -0.39 is 9.84 Å². The summed E-state index contributed by atoms with van der Waals surface area (Å²) in [5, 5.41) is 4.90. The molecule has 2 rings (SSSR count). The van der Waals surface area contributed by atoms with Crippen molar-refractivity contribution in [1.82, 2.24) is 10.2 Å². The van der Waals surface area contributed by atoms with E-state index in [2.05, 4.69) is 31.0 Å². The molecule has 0 spiro atoms. The molecule has 0 aromatic heterocycles. The van der Waals surface area contributed by atoms with Gasteiger partial charge < -0.3 is 5.32 Å². The number of piperazine rings is 1. The van der Waals surface area contributed by atoms with Crippen molar-refractivity contribution in [2.45, 2.75) is 38.9 Å². The van der Waals surface area contributed by atoms with Gasteiger partial charge in [-0.3, -0.25) is 4.90 Å². The van der Waals surface area contributed by atoms with Crippen LogP contribution in [0.2, 0.25) is 0 Å². The summed E-state index contributed by atoms with van der Waals surface area (Å²) in [6.07, 6.45) is 1.84. The van der Waals surface area contributed by atoms with Gasteiger partial charge in [-0.2, -0.15) is 0 Å². The molecule has 17 heavy (non-hydrogen) atoms. The molecule has 0 aromatic rings. The molecule has 0 radical (unpaired) electrons. The maximum Gasteiger partial charge on any atom is 0.173 e. The van der Waals surface area contributed by atoms with E-state index in [4.69, 9.17) is 0 Å². The third-order valence-corrected chi connectivity index (χ3v) is 5.17. The molecule has 3 unspecified atom stereocenters. The fraction of sp³-hybridized carbons (Fsp3) is 0.833. The van der Waals surface area contributed by atoms with Crippen LogP contribution in [0.3, 0.4) is 0 Å². The van der Waals surface area contributed by atoms with Crippen LogP contribution in [0.15, 0.2) is 11.5 Å². The zero-order chi connectivity index (χ0) is 12.6. The number of hydrogen-bond donors (Lipinski definition) is 1. The predicted octanol–water partition coefficient (Wildman–Crippen LogP) is 0.615. The number of nitrogens with one attached hydrogen (secondary N) is 1. The third-order valence-electron chi connectivity index (χ3n) is 3.79. The van der Waals surface area contributed by atoms with Crippen LogP contribution >= 0.6 is 0 Å². The summed E-state index contributed by atoms with van der Waals surface area (Å²) in [7, 11) is -2.95. The lowest BCUT2D eigenvalue weighted by Crippen LogP contribution is -2.60. The maximum absolute atomic E-state index is 11.5. The normalized spacial score (nSPS) is 37.8. The summed E-state index contributed by atoms with van der Waals surface area (Å²) in [6.45, 7) is 8.43. The van der Waals surface area contributed by atoms with Gasteiger partial charge in [-0.1, -0.05) is 19.9 Å². The van der Waals surface area contributed by atoms with E-state index in [1.807, 2.05) is 6.08 Å². The van der Waals surface area contributed by atoms with E-state index in [0.29, 0.717) is 18.0 Å². The highest BCUT2D eigenvalue weighted by Gasteiger charge is 2.34. The molecule has 5 heteroatoms. The minimum Gasteiger partial charge on any atom is -0.311 e. The van der Waals surface area contributed by atoms with Crippen LogP contribution in [-0.4, -0.2) is 50.3 Å². The standard InChI is InChI=1S/C12H22N2O2S/c1-9(2)12-7-14(10(3)6-13-12)11-4-5-17(15,16)8-11/h4-5,9-13H,6-8H2,1-3H3. The number of sulfone groups is 1. The van der Waals surface area contributed by atoms with Crippen LogP contribution in [0.4, 0.5) is 0 Å². The molecule has 0 bridgehead atoms. The zero-order valence-corrected chi connectivity index (χ0v) is 11.6. The molecule has 0 aliphatic carbocycles. The summed E-state index contributed by atoms with van der Waals surface area (Å²) >= 11 is 0. The fourth-order valence-electron chi connectivity index (χ4n) is 2.59. The molecule has 1 N–H and O–H groups in total. The van der Waals surface area contributed by atoms with E-state index in [1.165, 1.54) is 5.41 Å². The molecule has 2 heterocycles. The molecule has 2 aliphatic rings. The number of hydrogen-bond acceptors (Lipinski definition) is 4. The average molecular weight is 258 g/mol. The Hall–Kier alpha value is -0.390. The van der Waals surface area contributed by atoms with Crippen molar-refractivity contribution in [3.63, 3.8) is 0 Å². The molecular formula is C12H22N2O2S. The first-order valence-corrected chi connectivity index (χ1v) is 8.00. The highest BCUT2D eigenvalue weighted by atomic mass is 32.2. The van der Waals surface area contributed by atoms with Crippen molar-refractivity contribution >= 4 is 9.84 Å². The molecule has 0 amide bonds. The Morgan fingerprint density at radius 3 is 2.65 bits per heavy atom. The van der Waals surface area contributed by atoms with Gasteiger partial charge in [0.1, 0.15) is 0 Å². The minimum atomic E-state index is -2.95. The summed E-state index contributed by atoms with van der Waals surface area (Å²) in [5.41, 5.74) is 0. The quantitative estimate of drug-likeness (QED) is 0.789. The van der Waals surface area contributed by atoms with Crippen LogP contribution in [0.25, 0.3) is 0 Å². The van der Waals surface area contributed by atoms with E-state index >= 15 is 0 Å². The lowest BCUT2D eigenvalue weighted by Gasteiger charge is -2.42. The molecular weight excluding hydrogens is 236 g/mol. The van der Waals surface area contributed by atoms with Crippen LogP contribution in [0, 0.1) is 5.92 Å². The molecule has 98 valence electrons. The van der Waals surface area contributed by atoms with Crippen LogP contribution < -0.4 is 5.32 Å². The van der Waals surface area contributed by atoms with E-state index in [9.17, 15) is 8.42 Å². The molecule has 1 fully saturated rings. The Morgan fingerprint density at radius 2 is 2.12 bits per heavy atom. The second kappa shape index (κ2) is 4.71. The van der Waals surface area contributed by atoms with Gasteiger partial charge in [0.25, 0.3) is 0 Å². The topological polar surface area (TPSA) is 49.4 Å². The largest absolute Gasteiger partial charge is 0.311 e. The molecule has 0 saturated carbocycles. The summed E-state index contributed by atoms with van der Waals surface area (Å²) in [5.74, 6) is 0.828. The van der Waals surface area contributed by atoms with Crippen molar-refractivity contribution < 1.29 is 8.42 Å². The highest BCUT2D eigenvalue weighted by molar-refractivity contribution is 7.94. The van der Waals surface area contributed by atoms with Crippen molar-refractivity contribution in [2.75, 3.05) is 18.8 Å². The molecule has 0 aromatic carbocycles. The van der Waals surface area contributed by atoms with Crippen LogP contribution in [-0.2, 0) is 9.84 Å². The fourth-order valence-corrected chi connectivity index (χ4v) is 3.90. The van der Waals surface area contributed by atoms with Gasteiger partial charge in [0.2, 0.25) is 0 Å². The lowest BCUT2D eigenvalue weighted by atomic mass is 9.98. The van der Waals surface area contributed by atoms with E-state index in [-0.39, 0.29) is 11.8 Å². The van der Waals surface area contributed by atoms with E-state index in [0.717, 1.165) is 13.1 Å². The van der Waals surface area contributed by atoms with Crippen LogP contribution in [0.1, 0.15) is 20.8 Å². The van der Waals surface area contributed by atoms with Crippen molar-refractivity contribution in [3.8, 4) is 0 Å². The molecule has 4 nitrogen and oxygen atoms in total. The Bertz CT molecular complexity index is 403. The smallest absolute Gasteiger partial charge is 0.173 e. The van der Waals surface area contributed by atoms with Gasteiger partial charge in [0.05, 0.1) is 5.75 Å². The van der Waals surface area contributed by atoms with Gasteiger partial charge in [-0.05, 0) is 12.8 Å². The van der Waals surface area contributed by atoms with Gasteiger partial charge in [0, 0.05) is 36.6 Å². The zero-order valence-electron chi connectivity index (χ0n) is 10.8. The van der Waals surface area contributed by atoms with Crippen LogP contribution in [0.5, 0.6) is 0 Å². The summed E-state index contributed by atoms with van der Waals surface area (Å²) < 4.78 is 23.0. The van der Waals surface area contributed by atoms with E-state index in [1.54, 1.807) is 0 Å². The maximum atomic E-state index is 11.5. The number of rotatable bonds is 2. The monoisotopic (exact) mass is 258 g/mol. The molecule has 3 atom stereocenters. The average Bonchev–Trinajstić information content (AvgIpc) is 2.59. The first kappa shape index (κ1) is 13.1. The van der Waals surface area contributed by atoms with Gasteiger partial charge in [-0.25, -0.2) is 8.42 Å². The highest BCUT2D eigenvalue weighted by Crippen LogP contribution is 2.21. The van der Waals surface area contributed by atoms with Gasteiger partial charge >= 0.3 is 0 Å². The van der Waals surface area contributed by atoms with Gasteiger partial charge in [0.15, 0.2) is 9.84 Å². The van der Waals surface area contributed by atoms with Gasteiger partial charge in [-0.15, -0.1) is 0 Å². The SMILES string of the molecule is CC(C)C1CN(C2C=CS(=O)(=O)C2)C(C)CN1. The Kier molecular flexibility index (Phi) is 3.61. The van der Waals surface area contributed by atoms with Crippen molar-refractivity contribution in [1.29, 1.82) is 0 Å². The van der Waals surface area contributed by atoms with Crippen molar-refractivity contribution in [3.05, 3.63) is 11.5 Å². The van der Waals surface area contributed by atoms with Crippen molar-refractivity contribution in [2.24, 2.45) is 5.92 Å². The number of nitrogens with zero attached hydrogens (tertiary/aromatic N) is 1.